The Morgan fingerprint density at radius 3 is 2.35 bits per heavy atom. The molecule has 0 spiro atoms. The van der Waals surface area contributed by atoms with Gasteiger partial charge in [0.25, 0.3) is 0 Å². The van der Waals surface area contributed by atoms with Crippen LogP contribution in [0.5, 0.6) is 0 Å². The van der Waals surface area contributed by atoms with E-state index in [9.17, 15) is 14.7 Å². The van der Waals surface area contributed by atoms with Crippen molar-refractivity contribution in [2.45, 2.75) is 25.9 Å². The number of carbonyl (C=O) groups excluding carboxylic acids is 2. The SMILES string of the molecule is CCOC(=O)C(O)(Cc1ccccc1)C(C)=O. The van der Waals surface area contributed by atoms with Crippen LogP contribution in [-0.2, 0) is 20.7 Å². The van der Waals surface area contributed by atoms with E-state index in [0.29, 0.717) is 5.56 Å². The van der Waals surface area contributed by atoms with Gasteiger partial charge in [0.15, 0.2) is 5.78 Å². The minimum atomic E-state index is -2.09. The van der Waals surface area contributed by atoms with Crippen molar-refractivity contribution in [2.24, 2.45) is 0 Å². The molecule has 1 rings (SSSR count). The number of esters is 1. The fourth-order valence-corrected chi connectivity index (χ4v) is 1.48. The summed E-state index contributed by atoms with van der Waals surface area (Å²) >= 11 is 0. The Morgan fingerprint density at radius 1 is 1.29 bits per heavy atom. The highest BCUT2D eigenvalue weighted by Crippen LogP contribution is 2.17. The van der Waals surface area contributed by atoms with Gasteiger partial charge in [-0.25, -0.2) is 4.79 Å². The van der Waals surface area contributed by atoms with E-state index in [4.69, 9.17) is 4.74 Å². The lowest BCUT2D eigenvalue weighted by Crippen LogP contribution is -2.48. The molecule has 0 heterocycles. The van der Waals surface area contributed by atoms with Crippen LogP contribution in [0, 0.1) is 0 Å². The van der Waals surface area contributed by atoms with Crippen molar-refractivity contribution in [3.8, 4) is 0 Å². The lowest BCUT2D eigenvalue weighted by atomic mass is 9.91. The van der Waals surface area contributed by atoms with Crippen LogP contribution in [0.4, 0.5) is 0 Å². The molecule has 17 heavy (non-hydrogen) atoms. The fourth-order valence-electron chi connectivity index (χ4n) is 1.48. The maximum absolute atomic E-state index is 11.6. The third-order valence-corrected chi connectivity index (χ3v) is 2.50. The zero-order chi connectivity index (χ0) is 12.9. The van der Waals surface area contributed by atoms with Crippen LogP contribution >= 0.6 is 0 Å². The average molecular weight is 236 g/mol. The minimum Gasteiger partial charge on any atom is -0.464 e. The highest BCUT2D eigenvalue weighted by molar-refractivity contribution is 6.06. The number of aliphatic hydroxyl groups is 1. The van der Waals surface area contributed by atoms with E-state index in [0.717, 1.165) is 0 Å². The number of carbonyl (C=O) groups is 2. The lowest BCUT2D eigenvalue weighted by molar-refractivity contribution is -0.169. The summed E-state index contributed by atoms with van der Waals surface area (Å²) in [6.45, 7) is 2.93. The van der Waals surface area contributed by atoms with Crippen molar-refractivity contribution >= 4 is 11.8 Å². The summed E-state index contributed by atoms with van der Waals surface area (Å²) in [7, 11) is 0. The first kappa shape index (κ1) is 13.4. The number of rotatable bonds is 5. The van der Waals surface area contributed by atoms with Crippen LogP contribution in [0.3, 0.4) is 0 Å². The van der Waals surface area contributed by atoms with E-state index in [2.05, 4.69) is 0 Å². The van der Waals surface area contributed by atoms with Gasteiger partial charge in [-0.1, -0.05) is 30.3 Å². The summed E-state index contributed by atoms with van der Waals surface area (Å²) < 4.78 is 4.73. The molecule has 0 amide bonds. The van der Waals surface area contributed by atoms with E-state index in [1.165, 1.54) is 6.92 Å². The highest BCUT2D eigenvalue weighted by Gasteiger charge is 2.42. The lowest BCUT2D eigenvalue weighted by Gasteiger charge is -2.22. The van der Waals surface area contributed by atoms with Gasteiger partial charge in [-0.3, -0.25) is 4.79 Å². The van der Waals surface area contributed by atoms with Gasteiger partial charge in [-0.2, -0.15) is 0 Å². The number of ketones is 1. The van der Waals surface area contributed by atoms with Crippen molar-refractivity contribution in [1.82, 2.24) is 0 Å². The van der Waals surface area contributed by atoms with E-state index >= 15 is 0 Å². The smallest absolute Gasteiger partial charge is 0.346 e. The van der Waals surface area contributed by atoms with Crippen molar-refractivity contribution in [2.75, 3.05) is 6.61 Å². The van der Waals surface area contributed by atoms with Gasteiger partial charge in [0, 0.05) is 6.42 Å². The summed E-state index contributed by atoms with van der Waals surface area (Å²) in [5.41, 5.74) is -1.38. The van der Waals surface area contributed by atoms with Gasteiger partial charge in [0.2, 0.25) is 5.60 Å². The molecule has 0 aliphatic carbocycles. The Morgan fingerprint density at radius 2 is 1.88 bits per heavy atom. The Bertz CT molecular complexity index is 399. The summed E-state index contributed by atoms with van der Waals surface area (Å²) in [6, 6.07) is 8.86. The molecule has 1 aromatic rings. The quantitative estimate of drug-likeness (QED) is 0.614. The van der Waals surface area contributed by atoms with Gasteiger partial charge >= 0.3 is 5.97 Å². The van der Waals surface area contributed by atoms with Crippen molar-refractivity contribution in [3.05, 3.63) is 35.9 Å². The molecule has 0 radical (unpaired) electrons. The number of ether oxygens (including phenoxy) is 1. The van der Waals surface area contributed by atoms with Crippen LogP contribution in [0.25, 0.3) is 0 Å². The standard InChI is InChI=1S/C13H16O4/c1-3-17-12(15)13(16,10(2)14)9-11-7-5-4-6-8-11/h4-8,16H,3,9H2,1-2H3. The van der Waals surface area contributed by atoms with E-state index < -0.39 is 17.4 Å². The predicted molar refractivity (Wildman–Crippen MR) is 62.4 cm³/mol. The summed E-state index contributed by atoms with van der Waals surface area (Å²) in [5, 5.41) is 10.1. The van der Waals surface area contributed by atoms with Crippen molar-refractivity contribution in [1.29, 1.82) is 0 Å². The molecule has 4 heteroatoms. The Labute approximate surface area is 100 Å². The van der Waals surface area contributed by atoms with Crippen LogP contribution in [0.2, 0.25) is 0 Å². The van der Waals surface area contributed by atoms with Crippen LogP contribution in [0.15, 0.2) is 30.3 Å². The maximum Gasteiger partial charge on any atom is 0.346 e. The zero-order valence-corrected chi connectivity index (χ0v) is 9.97. The van der Waals surface area contributed by atoms with E-state index in [1.807, 2.05) is 6.07 Å². The molecule has 1 aromatic carbocycles. The Kier molecular flexibility index (Phi) is 4.40. The Hall–Kier alpha value is -1.68. The predicted octanol–water partition coefficient (Wildman–Crippen LogP) is 1.11. The number of Topliss-reactive ketones (excluding diaryl/α,β-unsaturated/α-hetero) is 1. The first-order chi connectivity index (χ1) is 8.00. The second-order valence-electron chi connectivity index (χ2n) is 3.80. The van der Waals surface area contributed by atoms with Gasteiger partial charge in [0.1, 0.15) is 0 Å². The van der Waals surface area contributed by atoms with E-state index in [-0.39, 0.29) is 13.0 Å². The molecule has 0 aliphatic rings. The largest absolute Gasteiger partial charge is 0.464 e. The minimum absolute atomic E-state index is 0.0675. The Balaban J connectivity index is 2.93. The highest BCUT2D eigenvalue weighted by atomic mass is 16.5. The maximum atomic E-state index is 11.6. The third kappa shape index (κ3) is 3.14. The van der Waals surface area contributed by atoms with E-state index in [1.54, 1.807) is 31.2 Å². The summed E-state index contributed by atoms with van der Waals surface area (Å²) in [4.78, 5) is 23.1. The van der Waals surface area contributed by atoms with Crippen molar-refractivity contribution in [3.63, 3.8) is 0 Å². The molecule has 0 saturated carbocycles. The van der Waals surface area contributed by atoms with Crippen LogP contribution < -0.4 is 0 Å². The van der Waals surface area contributed by atoms with Gasteiger partial charge in [-0.15, -0.1) is 0 Å². The average Bonchev–Trinajstić information content (AvgIpc) is 2.30. The molecule has 1 atom stereocenters. The molecule has 0 aromatic heterocycles. The number of hydrogen-bond donors (Lipinski definition) is 1. The normalized spacial score (nSPS) is 13.8. The van der Waals surface area contributed by atoms with Crippen molar-refractivity contribution < 1.29 is 19.4 Å². The molecule has 4 nitrogen and oxygen atoms in total. The first-order valence-corrected chi connectivity index (χ1v) is 5.45. The molecule has 1 unspecified atom stereocenters. The second kappa shape index (κ2) is 5.59. The summed E-state index contributed by atoms with van der Waals surface area (Å²) in [6.07, 6.45) is -0.0675. The molecule has 92 valence electrons. The second-order valence-corrected chi connectivity index (χ2v) is 3.80. The molecular formula is C13H16O4. The molecule has 0 bridgehead atoms. The third-order valence-electron chi connectivity index (χ3n) is 2.50. The topological polar surface area (TPSA) is 63.6 Å². The summed E-state index contributed by atoms with van der Waals surface area (Å²) in [5.74, 6) is -1.50. The monoisotopic (exact) mass is 236 g/mol. The molecule has 0 saturated heterocycles. The van der Waals surface area contributed by atoms with Gasteiger partial charge in [0.05, 0.1) is 6.61 Å². The van der Waals surface area contributed by atoms with Crippen LogP contribution in [0.1, 0.15) is 19.4 Å². The first-order valence-electron chi connectivity index (χ1n) is 5.45. The van der Waals surface area contributed by atoms with Crippen LogP contribution in [-0.4, -0.2) is 29.1 Å². The number of benzene rings is 1. The van der Waals surface area contributed by atoms with Gasteiger partial charge < -0.3 is 9.84 Å². The van der Waals surface area contributed by atoms with Gasteiger partial charge in [-0.05, 0) is 19.4 Å². The zero-order valence-electron chi connectivity index (χ0n) is 9.97. The molecule has 0 aliphatic heterocycles. The number of hydrogen-bond acceptors (Lipinski definition) is 4. The molecule has 0 fully saturated rings. The fraction of sp³-hybridized carbons (Fsp3) is 0.385. The molecular weight excluding hydrogens is 220 g/mol. The molecule has 1 N–H and O–H groups in total.